The van der Waals surface area contributed by atoms with Gasteiger partial charge < -0.3 is 10.6 Å². The highest BCUT2D eigenvalue weighted by Gasteiger charge is 2.28. The fourth-order valence-corrected chi connectivity index (χ4v) is 2.11. The van der Waals surface area contributed by atoms with Crippen LogP contribution in [0.1, 0.15) is 26.3 Å². The predicted octanol–water partition coefficient (Wildman–Crippen LogP) is 2.60. The maximum atomic E-state index is 6.12. The number of fused-ring (bicyclic) bond motifs is 1. The highest BCUT2D eigenvalue weighted by atomic mass is 15.3. The number of hydrogen-bond donors (Lipinski definition) is 1. The van der Waals surface area contributed by atoms with Crippen LogP contribution in [0.2, 0.25) is 0 Å². The Morgan fingerprint density at radius 3 is 2.53 bits per heavy atom. The monoisotopic (exact) mass is 202 g/mol. The second-order valence-corrected chi connectivity index (χ2v) is 4.95. The van der Waals surface area contributed by atoms with Crippen molar-refractivity contribution in [2.75, 3.05) is 4.90 Å². The first kappa shape index (κ1) is 10.2. The molecule has 0 fully saturated rings. The molecular formula is C13H18N2. The molecule has 0 spiro atoms. The average Bonchev–Trinajstić information content (AvgIpc) is 2.15. The molecule has 0 saturated heterocycles. The first-order chi connectivity index (χ1) is 7.00. The third-order valence-corrected chi connectivity index (χ3v) is 2.69. The largest absolute Gasteiger partial charge is 0.347 e. The third-order valence-electron chi connectivity index (χ3n) is 2.69. The van der Waals surface area contributed by atoms with Crippen molar-refractivity contribution in [2.24, 2.45) is 5.73 Å². The van der Waals surface area contributed by atoms with E-state index in [1.54, 1.807) is 0 Å². The van der Waals surface area contributed by atoms with Gasteiger partial charge in [-0.1, -0.05) is 24.3 Å². The Kier molecular flexibility index (Phi) is 2.31. The van der Waals surface area contributed by atoms with Crippen molar-refractivity contribution < 1.29 is 0 Å². The Morgan fingerprint density at radius 1 is 1.20 bits per heavy atom. The molecule has 1 heterocycles. The molecule has 1 atom stereocenters. The Balaban J connectivity index is 2.52. The second-order valence-electron chi connectivity index (χ2n) is 4.95. The topological polar surface area (TPSA) is 29.3 Å². The lowest BCUT2D eigenvalue weighted by Gasteiger charge is -2.43. The van der Waals surface area contributed by atoms with Gasteiger partial charge in [-0.15, -0.1) is 0 Å². The first-order valence-electron chi connectivity index (χ1n) is 5.32. The third kappa shape index (κ3) is 1.77. The van der Waals surface area contributed by atoms with E-state index in [-0.39, 0.29) is 11.7 Å². The van der Waals surface area contributed by atoms with Gasteiger partial charge in [-0.25, -0.2) is 0 Å². The predicted molar refractivity (Wildman–Crippen MR) is 65.7 cm³/mol. The van der Waals surface area contributed by atoms with Crippen LogP contribution < -0.4 is 10.6 Å². The van der Waals surface area contributed by atoms with E-state index in [0.717, 1.165) is 0 Å². The molecule has 1 unspecified atom stereocenters. The molecule has 0 radical (unpaired) electrons. The molecule has 0 bridgehead atoms. The fraction of sp³-hybridized carbons (Fsp3) is 0.385. The van der Waals surface area contributed by atoms with Crippen LogP contribution in [-0.2, 0) is 0 Å². The van der Waals surface area contributed by atoms with Gasteiger partial charge in [0.2, 0.25) is 0 Å². The molecule has 1 aromatic rings. The highest BCUT2D eigenvalue weighted by molar-refractivity contribution is 5.72. The van der Waals surface area contributed by atoms with Crippen molar-refractivity contribution in [1.82, 2.24) is 0 Å². The number of anilines is 1. The molecule has 1 aliphatic rings. The van der Waals surface area contributed by atoms with E-state index in [1.165, 1.54) is 11.3 Å². The van der Waals surface area contributed by atoms with Crippen molar-refractivity contribution >= 4 is 11.8 Å². The highest BCUT2D eigenvalue weighted by Crippen LogP contribution is 2.32. The van der Waals surface area contributed by atoms with Gasteiger partial charge in [0.15, 0.2) is 0 Å². The van der Waals surface area contributed by atoms with E-state index in [2.05, 4.69) is 56.0 Å². The molecular weight excluding hydrogens is 184 g/mol. The summed E-state index contributed by atoms with van der Waals surface area (Å²) in [6, 6.07) is 8.37. The number of benzene rings is 1. The van der Waals surface area contributed by atoms with Crippen LogP contribution in [0, 0.1) is 0 Å². The normalized spacial score (nSPS) is 20.3. The van der Waals surface area contributed by atoms with Gasteiger partial charge in [0.1, 0.15) is 0 Å². The summed E-state index contributed by atoms with van der Waals surface area (Å²) < 4.78 is 0. The Morgan fingerprint density at radius 2 is 1.87 bits per heavy atom. The second kappa shape index (κ2) is 3.38. The van der Waals surface area contributed by atoms with Gasteiger partial charge in [-0.3, -0.25) is 0 Å². The minimum absolute atomic E-state index is 0.0279. The molecule has 2 rings (SSSR count). The summed E-state index contributed by atoms with van der Waals surface area (Å²) in [6.45, 7) is 6.55. The van der Waals surface area contributed by atoms with Crippen LogP contribution >= 0.6 is 0 Å². The van der Waals surface area contributed by atoms with E-state index in [4.69, 9.17) is 5.73 Å². The van der Waals surface area contributed by atoms with Gasteiger partial charge in [0, 0.05) is 11.2 Å². The first-order valence-corrected chi connectivity index (χ1v) is 5.32. The van der Waals surface area contributed by atoms with Gasteiger partial charge >= 0.3 is 0 Å². The van der Waals surface area contributed by atoms with E-state index >= 15 is 0 Å². The van der Waals surface area contributed by atoms with Crippen LogP contribution in [-0.4, -0.2) is 11.7 Å². The quantitative estimate of drug-likeness (QED) is 0.700. The average molecular weight is 202 g/mol. The summed E-state index contributed by atoms with van der Waals surface area (Å²) in [5.41, 5.74) is 8.63. The summed E-state index contributed by atoms with van der Waals surface area (Å²) in [4.78, 5) is 2.25. The zero-order valence-corrected chi connectivity index (χ0v) is 9.57. The molecule has 2 N–H and O–H groups in total. The van der Waals surface area contributed by atoms with Crippen LogP contribution in [0.15, 0.2) is 30.3 Å². The van der Waals surface area contributed by atoms with E-state index in [0.29, 0.717) is 0 Å². The number of hydrogen-bond acceptors (Lipinski definition) is 2. The lowest BCUT2D eigenvalue weighted by atomic mass is 9.98. The molecule has 0 aliphatic carbocycles. The van der Waals surface area contributed by atoms with Crippen LogP contribution in [0.3, 0.4) is 0 Å². The number of rotatable bonds is 0. The minimum atomic E-state index is -0.0279. The van der Waals surface area contributed by atoms with Crippen molar-refractivity contribution in [2.45, 2.75) is 32.5 Å². The lowest BCUT2D eigenvalue weighted by Crippen LogP contribution is -2.53. The molecule has 0 aromatic heterocycles. The molecule has 0 saturated carbocycles. The summed E-state index contributed by atoms with van der Waals surface area (Å²) >= 11 is 0. The Bertz CT molecular complexity index is 388. The SMILES string of the molecule is CC(C)(C)N1c2ccccc2C=CC1N. The van der Waals surface area contributed by atoms with Gasteiger partial charge in [-0.05, 0) is 38.5 Å². The number of nitrogens with zero attached hydrogens (tertiary/aromatic N) is 1. The molecule has 15 heavy (non-hydrogen) atoms. The van der Waals surface area contributed by atoms with Crippen molar-refractivity contribution in [1.29, 1.82) is 0 Å². The van der Waals surface area contributed by atoms with Gasteiger partial charge in [0.05, 0.1) is 6.17 Å². The standard InChI is InChI=1S/C13H18N2/c1-13(2,3)15-11-7-5-4-6-10(11)8-9-12(15)14/h4-9,12H,14H2,1-3H3. The Hall–Kier alpha value is -1.28. The van der Waals surface area contributed by atoms with E-state index < -0.39 is 0 Å². The van der Waals surface area contributed by atoms with Crippen molar-refractivity contribution in [3.05, 3.63) is 35.9 Å². The summed E-state index contributed by atoms with van der Waals surface area (Å²) in [6.07, 6.45) is 4.12. The summed E-state index contributed by atoms with van der Waals surface area (Å²) in [5, 5.41) is 0. The lowest BCUT2D eigenvalue weighted by molar-refractivity contribution is 0.472. The van der Waals surface area contributed by atoms with Crippen LogP contribution in [0.5, 0.6) is 0 Å². The zero-order valence-electron chi connectivity index (χ0n) is 9.57. The molecule has 1 aliphatic heterocycles. The zero-order chi connectivity index (χ0) is 11.1. The maximum absolute atomic E-state index is 6.12. The van der Waals surface area contributed by atoms with Gasteiger partial charge in [0.25, 0.3) is 0 Å². The van der Waals surface area contributed by atoms with Gasteiger partial charge in [-0.2, -0.15) is 0 Å². The van der Waals surface area contributed by atoms with E-state index in [1.807, 2.05) is 6.08 Å². The summed E-state index contributed by atoms with van der Waals surface area (Å²) in [5.74, 6) is 0. The van der Waals surface area contributed by atoms with E-state index in [9.17, 15) is 0 Å². The van der Waals surface area contributed by atoms with Crippen LogP contribution in [0.25, 0.3) is 6.08 Å². The van der Waals surface area contributed by atoms with Crippen molar-refractivity contribution in [3.63, 3.8) is 0 Å². The molecule has 0 amide bonds. The number of para-hydroxylation sites is 1. The molecule has 1 aromatic carbocycles. The number of nitrogens with two attached hydrogens (primary N) is 1. The smallest absolute Gasteiger partial charge is 0.0970 e. The Labute approximate surface area is 91.4 Å². The maximum Gasteiger partial charge on any atom is 0.0970 e. The molecule has 2 heteroatoms. The summed E-state index contributed by atoms with van der Waals surface area (Å²) in [7, 11) is 0. The molecule has 80 valence electrons. The molecule has 2 nitrogen and oxygen atoms in total. The van der Waals surface area contributed by atoms with Crippen molar-refractivity contribution in [3.8, 4) is 0 Å². The van der Waals surface area contributed by atoms with Crippen LogP contribution in [0.4, 0.5) is 5.69 Å². The fourth-order valence-electron chi connectivity index (χ4n) is 2.11. The minimum Gasteiger partial charge on any atom is -0.347 e.